The van der Waals surface area contributed by atoms with E-state index in [1.165, 1.54) is 44.6 Å². The highest BCUT2D eigenvalue weighted by atomic mass is 35.5. The van der Waals surface area contributed by atoms with E-state index in [-0.39, 0.29) is 24.5 Å². The quantitative estimate of drug-likeness (QED) is 0.538. The van der Waals surface area contributed by atoms with Crippen LogP contribution in [0.2, 0.25) is 5.02 Å². The molecule has 0 atom stereocenters. The molecule has 1 heterocycles. The number of carbonyl (C=O) groups excluding carboxylic acids is 2. The summed E-state index contributed by atoms with van der Waals surface area (Å²) in [6.07, 6.45) is 10.9. The molecule has 1 aromatic rings. The lowest BCUT2D eigenvalue weighted by Crippen LogP contribution is -2.35. The van der Waals surface area contributed by atoms with Gasteiger partial charge in [-0.1, -0.05) is 42.5 Å². The maximum Gasteiger partial charge on any atom is 0.251 e. The van der Waals surface area contributed by atoms with Crippen LogP contribution in [0.5, 0.6) is 5.75 Å². The maximum absolute atomic E-state index is 11.8. The molecule has 0 radical (unpaired) electrons. The number of piperidine rings is 1. The summed E-state index contributed by atoms with van der Waals surface area (Å²) in [7, 11) is 3.70. The first-order valence-electron chi connectivity index (χ1n) is 11.3. The van der Waals surface area contributed by atoms with Crippen LogP contribution in [0.4, 0.5) is 0 Å². The van der Waals surface area contributed by atoms with E-state index >= 15 is 0 Å². The smallest absolute Gasteiger partial charge is 0.251 e. The Kier molecular flexibility index (Phi) is 13.2. The van der Waals surface area contributed by atoms with Crippen molar-refractivity contribution in [1.29, 1.82) is 0 Å². The first kappa shape index (κ1) is 28.5. The van der Waals surface area contributed by atoms with E-state index in [1.807, 2.05) is 26.8 Å². The summed E-state index contributed by atoms with van der Waals surface area (Å²) in [4.78, 5) is 25.2. The summed E-state index contributed by atoms with van der Waals surface area (Å²) in [5.41, 5.74) is 1.78. The summed E-state index contributed by atoms with van der Waals surface area (Å²) in [5, 5.41) is 5.26. The Bertz CT molecular complexity index is 841. The summed E-state index contributed by atoms with van der Waals surface area (Å²) >= 11 is 6.02. The molecule has 182 valence electrons. The van der Waals surface area contributed by atoms with Crippen LogP contribution in [0, 0.1) is 5.92 Å². The van der Waals surface area contributed by atoms with Gasteiger partial charge in [-0.15, -0.1) is 0 Å². The van der Waals surface area contributed by atoms with E-state index in [1.54, 1.807) is 12.1 Å². The number of likely N-dealkylation sites (tertiary alicyclic amines) is 1. The van der Waals surface area contributed by atoms with Gasteiger partial charge in [0.15, 0.2) is 0 Å². The van der Waals surface area contributed by atoms with Crippen LogP contribution in [0.25, 0.3) is 0 Å². The number of nitrogens with one attached hydrogen (secondary N) is 2. The molecule has 1 fully saturated rings. The molecule has 0 bridgehead atoms. The number of hydrogen-bond acceptors (Lipinski definition) is 4. The van der Waals surface area contributed by atoms with Gasteiger partial charge in [0, 0.05) is 12.6 Å². The fourth-order valence-corrected chi connectivity index (χ4v) is 3.49. The SMILES string of the molecule is C=C/C(=C\C=C/C)C1CCN(C)CC1.CNC(=O)CNC(=O)c1ccc(OC(C)C)c(Cl)c1. The Morgan fingerprint density at radius 1 is 1.30 bits per heavy atom. The van der Waals surface area contributed by atoms with Gasteiger partial charge in [-0.3, -0.25) is 9.59 Å². The number of amides is 2. The van der Waals surface area contributed by atoms with Gasteiger partial charge in [0.05, 0.1) is 17.7 Å². The number of carbonyl (C=O) groups is 2. The van der Waals surface area contributed by atoms with E-state index in [2.05, 4.69) is 47.4 Å². The molecule has 6 nitrogen and oxygen atoms in total. The maximum atomic E-state index is 11.8. The van der Waals surface area contributed by atoms with Crippen molar-refractivity contribution >= 4 is 23.4 Å². The molecule has 1 aromatic carbocycles. The molecule has 0 aromatic heterocycles. The van der Waals surface area contributed by atoms with Crippen LogP contribution in [0.1, 0.15) is 44.0 Å². The van der Waals surface area contributed by atoms with E-state index in [9.17, 15) is 9.59 Å². The lowest BCUT2D eigenvalue weighted by molar-refractivity contribution is -0.119. The zero-order valence-electron chi connectivity index (χ0n) is 20.5. The lowest BCUT2D eigenvalue weighted by Gasteiger charge is -2.29. The van der Waals surface area contributed by atoms with Crippen molar-refractivity contribution in [3.05, 3.63) is 65.2 Å². The minimum atomic E-state index is -0.360. The van der Waals surface area contributed by atoms with Crippen LogP contribution >= 0.6 is 11.6 Å². The minimum Gasteiger partial charge on any atom is -0.489 e. The van der Waals surface area contributed by atoms with Gasteiger partial charge in [0.1, 0.15) is 5.75 Å². The molecule has 0 saturated carbocycles. The second-order valence-corrected chi connectivity index (χ2v) is 8.55. The third-order valence-electron chi connectivity index (χ3n) is 5.15. The largest absolute Gasteiger partial charge is 0.489 e. The van der Waals surface area contributed by atoms with Crippen molar-refractivity contribution in [2.45, 2.75) is 39.7 Å². The van der Waals surface area contributed by atoms with Crippen molar-refractivity contribution < 1.29 is 14.3 Å². The van der Waals surface area contributed by atoms with Crippen molar-refractivity contribution in [2.75, 3.05) is 33.7 Å². The second kappa shape index (κ2) is 15.3. The molecule has 2 N–H and O–H groups in total. The topological polar surface area (TPSA) is 70.7 Å². The summed E-state index contributed by atoms with van der Waals surface area (Å²) in [6.45, 7) is 12.1. The second-order valence-electron chi connectivity index (χ2n) is 8.14. The number of allylic oxidation sites excluding steroid dienone is 5. The molecule has 0 spiro atoms. The fourth-order valence-electron chi connectivity index (χ4n) is 3.26. The summed E-state index contributed by atoms with van der Waals surface area (Å²) in [6, 6.07) is 4.75. The summed E-state index contributed by atoms with van der Waals surface area (Å²) < 4.78 is 5.47. The van der Waals surface area contributed by atoms with Gasteiger partial charge in [-0.25, -0.2) is 0 Å². The van der Waals surface area contributed by atoms with Crippen molar-refractivity contribution in [2.24, 2.45) is 5.92 Å². The molecule has 33 heavy (non-hydrogen) atoms. The fraction of sp³-hybridized carbons (Fsp3) is 0.462. The van der Waals surface area contributed by atoms with E-state index in [0.29, 0.717) is 16.3 Å². The third kappa shape index (κ3) is 10.7. The molecule has 0 unspecified atom stereocenters. The highest BCUT2D eigenvalue weighted by Crippen LogP contribution is 2.26. The van der Waals surface area contributed by atoms with Crippen molar-refractivity contribution in [3.8, 4) is 5.75 Å². The number of likely N-dealkylation sites (N-methyl/N-ethyl adjacent to an activating group) is 1. The molecule has 0 aliphatic carbocycles. The number of ether oxygens (including phenoxy) is 1. The Balaban J connectivity index is 0.000000346. The summed E-state index contributed by atoms with van der Waals surface area (Å²) in [5.74, 6) is 0.625. The standard InChI is InChI=1S/C13H17ClN2O3.C13H21N/c1-8(2)19-11-5-4-9(6-10(11)14)13(18)16-7-12(17)15-3;1-4-6-7-12(5-2)13-8-10-14(3)11-9-13/h4-6,8H,7H2,1-3H3,(H,15,17)(H,16,18);4-7,13H,2,8-11H2,1,3H3/b;6-4-,12-7+. The number of rotatable bonds is 8. The van der Waals surface area contributed by atoms with Gasteiger partial charge in [0.25, 0.3) is 5.91 Å². The van der Waals surface area contributed by atoms with Crippen LogP contribution in [0.15, 0.2) is 54.7 Å². The molecule has 1 aliphatic heterocycles. The average molecular weight is 476 g/mol. The van der Waals surface area contributed by atoms with Crippen LogP contribution in [0.3, 0.4) is 0 Å². The molecule has 2 rings (SSSR count). The van der Waals surface area contributed by atoms with Crippen LogP contribution < -0.4 is 15.4 Å². The van der Waals surface area contributed by atoms with E-state index < -0.39 is 0 Å². The molecular weight excluding hydrogens is 438 g/mol. The molecule has 2 amide bonds. The van der Waals surface area contributed by atoms with Crippen molar-refractivity contribution in [3.63, 3.8) is 0 Å². The minimum absolute atomic E-state index is 0.00502. The lowest BCUT2D eigenvalue weighted by atomic mass is 9.89. The molecular formula is C26H38ClN3O3. The number of halogens is 1. The van der Waals surface area contributed by atoms with E-state index in [0.717, 1.165) is 5.92 Å². The van der Waals surface area contributed by atoms with Gasteiger partial charge < -0.3 is 20.3 Å². The predicted octanol–water partition coefficient (Wildman–Crippen LogP) is 4.62. The normalized spacial score (nSPS) is 15.1. The predicted molar refractivity (Wildman–Crippen MR) is 137 cm³/mol. The molecule has 1 saturated heterocycles. The molecule has 1 aliphatic rings. The highest BCUT2D eigenvalue weighted by molar-refractivity contribution is 6.32. The Morgan fingerprint density at radius 3 is 2.48 bits per heavy atom. The Hall–Kier alpha value is -2.57. The zero-order chi connectivity index (χ0) is 24.8. The number of benzene rings is 1. The van der Waals surface area contributed by atoms with Gasteiger partial charge >= 0.3 is 0 Å². The zero-order valence-corrected chi connectivity index (χ0v) is 21.2. The Labute approximate surface area is 203 Å². The third-order valence-corrected chi connectivity index (χ3v) is 5.45. The van der Waals surface area contributed by atoms with Crippen LogP contribution in [-0.2, 0) is 4.79 Å². The first-order valence-corrected chi connectivity index (χ1v) is 11.7. The van der Waals surface area contributed by atoms with E-state index in [4.69, 9.17) is 16.3 Å². The first-order chi connectivity index (χ1) is 15.7. The number of hydrogen-bond donors (Lipinski definition) is 2. The van der Waals surface area contributed by atoms with Gasteiger partial charge in [-0.05, 0) is 83.4 Å². The van der Waals surface area contributed by atoms with Crippen molar-refractivity contribution in [1.82, 2.24) is 15.5 Å². The number of nitrogens with zero attached hydrogens (tertiary/aromatic N) is 1. The monoisotopic (exact) mass is 475 g/mol. The highest BCUT2D eigenvalue weighted by Gasteiger charge is 2.18. The van der Waals surface area contributed by atoms with Crippen LogP contribution in [-0.4, -0.2) is 56.5 Å². The van der Waals surface area contributed by atoms with Gasteiger partial charge in [0.2, 0.25) is 5.91 Å². The van der Waals surface area contributed by atoms with Gasteiger partial charge in [-0.2, -0.15) is 0 Å². The Morgan fingerprint density at radius 2 is 1.97 bits per heavy atom. The molecule has 7 heteroatoms. The average Bonchev–Trinajstić information content (AvgIpc) is 2.80.